The lowest BCUT2D eigenvalue weighted by atomic mass is 10.1. The first kappa shape index (κ1) is 13.2. The molecule has 1 aliphatic heterocycles. The molecule has 1 N–H and O–H groups in total. The summed E-state index contributed by atoms with van der Waals surface area (Å²) in [5.74, 6) is -0.813. The fourth-order valence-electron chi connectivity index (χ4n) is 1.99. The molecule has 1 atom stereocenters. The molecule has 0 radical (unpaired) electrons. The molecular formula is C13H15NO5. The molecule has 0 aliphatic carbocycles. The van der Waals surface area contributed by atoms with Gasteiger partial charge in [0.2, 0.25) is 0 Å². The maximum Gasteiger partial charge on any atom is 0.414 e. The van der Waals surface area contributed by atoms with E-state index in [0.717, 1.165) is 0 Å². The van der Waals surface area contributed by atoms with Gasteiger partial charge in [0.05, 0.1) is 18.3 Å². The van der Waals surface area contributed by atoms with Crippen molar-refractivity contribution in [3.63, 3.8) is 0 Å². The zero-order chi connectivity index (χ0) is 14.0. The average Bonchev–Trinajstić information content (AvgIpc) is 2.69. The number of anilines is 1. The van der Waals surface area contributed by atoms with E-state index in [9.17, 15) is 9.59 Å². The van der Waals surface area contributed by atoms with Gasteiger partial charge >= 0.3 is 12.1 Å². The van der Waals surface area contributed by atoms with Crippen molar-refractivity contribution in [1.29, 1.82) is 0 Å². The van der Waals surface area contributed by atoms with E-state index in [2.05, 4.69) is 0 Å². The van der Waals surface area contributed by atoms with Crippen LogP contribution in [0.1, 0.15) is 24.2 Å². The Balaban J connectivity index is 2.40. The van der Waals surface area contributed by atoms with Crippen LogP contribution < -0.4 is 9.64 Å². The average molecular weight is 265 g/mol. The molecule has 1 aromatic rings. The van der Waals surface area contributed by atoms with Crippen molar-refractivity contribution in [2.45, 2.75) is 19.9 Å². The van der Waals surface area contributed by atoms with Gasteiger partial charge in [0.15, 0.2) is 0 Å². The van der Waals surface area contributed by atoms with Crippen molar-refractivity contribution >= 4 is 17.7 Å². The molecule has 1 saturated heterocycles. The summed E-state index contributed by atoms with van der Waals surface area (Å²) in [6, 6.07) is 4.48. The first-order valence-electron chi connectivity index (χ1n) is 6.00. The summed E-state index contributed by atoms with van der Waals surface area (Å²) in [6.45, 7) is 4.30. The second-order valence-electron chi connectivity index (χ2n) is 4.21. The highest BCUT2D eigenvalue weighted by atomic mass is 16.6. The maximum absolute atomic E-state index is 11.6. The molecule has 0 bridgehead atoms. The number of nitrogens with zero attached hydrogens (tertiary/aromatic N) is 1. The smallest absolute Gasteiger partial charge is 0.414 e. The van der Waals surface area contributed by atoms with Gasteiger partial charge in [-0.05, 0) is 26.0 Å². The number of hydrogen-bond acceptors (Lipinski definition) is 4. The molecule has 1 aromatic carbocycles. The molecule has 6 heteroatoms. The number of rotatable bonds is 4. The summed E-state index contributed by atoms with van der Waals surface area (Å²) in [6.07, 6.45) is -0.432. The van der Waals surface area contributed by atoms with Crippen LogP contribution >= 0.6 is 0 Å². The van der Waals surface area contributed by atoms with Gasteiger partial charge in [0, 0.05) is 6.07 Å². The van der Waals surface area contributed by atoms with Gasteiger partial charge in [0.1, 0.15) is 17.9 Å². The molecule has 102 valence electrons. The molecule has 0 spiro atoms. The summed E-state index contributed by atoms with van der Waals surface area (Å²) in [4.78, 5) is 24.2. The highest BCUT2D eigenvalue weighted by Gasteiger charge is 2.31. The second kappa shape index (κ2) is 5.17. The number of carbonyl (C=O) groups is 2. The van der Waals surface area contributed by atoms with E-state index in [1.807, 2.05) is 6.92 Å². The van der Waals surface area contributed by atoms with Crippen molar-refractivity contribution in [2.24, 2.45) is 0 Å². The Kier molecular flexibility index (Phi) is 3.59. The second-order valence-corrected chi connectivity index (χ2v) is 4.21. The van der Waals surface area contributed by atoms with E-state index in [1.54, 1.807) is 19.1 Å². The number of carboxylic acid groups (broad SMARTS) is 1. The quantitative estimate of drug-likeness (QED) is 0.902. The number of amides is 1. The van der Waals surface area contributed by atoms with Crippen LogP contribution in [0.4, 0.5) is 10.5 Å². The standard InChI is InChI=1S/C13H15NO5/c1-3-18-11-6-9(4-5-10(11)12(15)16)14-8(2)7-19-13(14)17/h4-6,8H,3,7H2,1-2H3,(H,15,16). The minimum atomic E-state index is -1.06. The van der Waals surface area contributed by atoms with E-state index < -0.39 is 12.1 Å². The van der Waals surface area contributed by atoms with Crippen molar-refractivity contribution in [1.82, 2.24) is 0 Å². The number of aromatic carboxylic acids is 1. The van der Waals surface area contributed by atoms with Crippen molar-refractivity contribution < 1.29 is 24.2 Å². The summed E-state index contributed by atoms with van der Waals surface area (Å²) < 4.78 is 10.2. The van der Waals surface area contributed by atoms with Crippen LogP contribution in [0.25, 0.3) is 0 Å². The largest absolute Gasteiger partial charge is 0.493 e. The number of hydrogen-bond donors (Lipinski definition) is 1. The van der Waals surface area contributed by atoms with Crippen LogP contribution in [-0.4, -0.2) is 36.4 Å². The lowest BCUT2D eigenvalue weighted by Gasteiger charge is -2.19. The van der Waals surface area contributed by atoms with Crippen molar-refractivity contribution in [3.8, 4) is 5.75 Å². The third-order valence-corrected chi connectivity index (χ3v) is 2.86. The van der Waals surface area contributed by atoms with Crippen molar-refractivity contribution in [2.75, 3.05) is 18.1 Å². The number of carbonyl (C=O) groups excluding carboxylic acids is 1. The van der Waals surface area contributed by atoms with Gasteiger partial charge in [-0.2, -0.15) is 0 Å². The molecule has 6 nitrogen and oxygen atoms in total. The Hall–Kier alpha value is -2.24. The molecule has 0 aromatic heterocycles. The number of cyclic esters (lactones) is 1. The van der Waals surface area contributed by atoms with Crippen LogP contribution in [0.15, 0.2) is 18.2 Å². The first-order valence-corrected chi connectivity index (χ1v) is 6.00. The molecule has 1 unspecified atom stereocenters. The summed E-state index contributed by atoms with van der Waals surface area (Å²) in [7, 11) is 0. The molecule has 0 saturated carbocycles. The number of carboxylic acids is 1. The molecule has 1 amide bonds. The molecule has 1 aliphatic rings. The van der Waals surface area contributed by atoms with E-state index in [-0.39, 0.29) is 17.4 Å². The van der Waals surface area contributed by atoms with Gasteiger partial charge in [-0.25, -0.2) is 9.59 Å². The Bertz CT molecular complexity index is 514. The topological polar surface area (TPSA) is 76.1 Å². The van der Waals surface area contributed by atoms with E-state index in [1.165, 1.54) is 11.0 Å². The number of ether oxygens (including phenoxy) is 2. The minimum Gasteiger partial charge on any atom is -0.493 e. The van der Waals surface area contributed by atoms with Crippen LogP contribution in [-0.2, 0) is 4.74 Å². The van der Waals surface area contributed by atoms with E-state index >= 15 is 0 Å². The third kappa shape index (κ3) is 2.47. The Labute approximate surface area is 110 Å². The van der Waals surface area contributed by atoms with Crippen molar-refractivity contribution in [3.05, 3.63) is 23.8 Å². The normalized spacial score (nSPS) is 18.3. The highest BCUT2D eigenvalue weighted by Crippen LogP contribution is 2.29. The van der Waals surface area contributed by atoms with E-state index in [4.69, 9.17) is 14.6 Å². The molecule has 1 heterocycles. The Morgan fingerprint density at radius 3 is 2.84 bits per heavy atom. The molecular weight excluding hydrogens is 250 g/mol. The van der Waals surface area contributed by atoms with Crippen LogP contribution in [0.5, 0.6) is 5.75 Å². The van der Waals surface area contributed by atoms with Gasteiger partial charge in [0.25, 0.3) is 0 Å². The monoisotopic (exact) mass is 265 g/mol. The van der Waals surface area contributed by atoms with Gasteiger partial charge in [-0.1, -0.05) is 0 Å². The zero-order valence-corrected chi connectivity index (χ0v) is 10.8. The molecule has 2 rings (SSSR count). The lowest BCUT2D eigenvalue weighted by molar-refractivity contribution is 0.0692. The van der Waals surface area contributed by atoms with Gasteiger partial charge < -0.3 is 14.6 Å². The molecule has 19 heavy (non-hydrogen) atoms. The predicted octanol–water partition coefficient (Wildman–Crippen LogP) is 2.13. The summed E-state index contributed by atoms with van der Waals surface area (Å²) in [5, 5.41) is 9.07. The van der Waals surface area contributed by atoms with Gasteiger partial charge in [-0.15, -0.1) is 0 Å². The third-order valence-electron chi connectivity index (χ3n) is 2.86. The fraction of sp³-hybridized carbons (Fsp3) is 0.385. The molecule has 1 fully saturated rings. The Morgan fingerprint density at radius 2 is 2.32 bits per heavy atom. The summed E-state index contributed by atoms with van der Waals surface area (Å²) in [5.41, 5.74) is 0.647. The first-order chi connectivity index (χ1) is 9.04. The van der Waals surface area contributed by atoms with Crippen LogP contribution in [0, 0.1) is 0 Å². The Morgan fingerprint density at radius 1 is 1.58 bits per heavy atom. The highest BCUT2D eigenvalue weighted by molar-refractivity contribution is 5.94. The van der Waals surface area contributed by atoms with Crippen LogP contribution in [0.3, 0.4) is 0 Å². The van der Waals surface area contributed by atoms with Crippen LogP contribution in [0.2, 0.25) is 0 Å². The zero-order valence-electron chi connectivity index (χ0n) is 10.8. The van der Waals surface area contributed by atoms with Gasteiger partial charge in [-0.3, -0.25) is 4.90 Å². The van der Waals surface area contributed by atoms with E-state index in [0.29, 0.717) is 18.9 Å². The lowest BCUT2D eigenvalue weighted by Crippen LogP contribution is -2.30. The fourth-order valence-corrected chi connectivity index (χ4v) is 1.99. The SMILES string of the molecule is CCOc1cc(N2C(=O)OCC2C)ccc1C(=O)O. The predicted molar refractivity (Wildman–Crippen MR) is 67.9 cm³/mol. The summed E-state index contributed by atoms with van der Waals surface area (Å²) >= 11 is 0. The minimum absolute atomic E-state index is 0.0748. The maximum atomic E-state index is 11.6. The number of benzene rings is 1.